The summed E-state index contributed by atoms with van der Waals surface area (Å²) in [5.41, 5.74) is 4.77. The smallest absolute Gasteiger partial charge is 0.172 e. The molecule has 0 aromatic carbocycles. The molecule has 0 fully saturated rings. The number of anilines is 1. The first-order valence-corrected chi connectivity index (χ1v) is 5.39. The molecule has 86 valence electrons. The van der Waals surface area contributed by atoms with E-state index in [2.05, 4.69) is 51.1 Å². The molecular weight excluding hydrogens is 204 g/mol. The Kier molecular flexibility index (Phi) is 3.00. The van der Waals surface area contributed by atoms with E-state index in [0.29, 0.717) is 6.04 Å². The zero-order valence-corrected chi connectivity index (χ0v) is 9.73. The monoisotopic (exact) mass is 220 g/mol. The standard InChI is InChI=1S/C10H16N6/c1-4-16(7(2)3)15-10-8-9(12-5-11-8)13-6-14-10/h5-7H,4H2,1-3H3,(H2,11,12,13,14,15). The number of hydrazine groups is 1. The molecule has 2 aromatic heterocycles. The van der Waals surface area contributed by atoms with E-state index in [4.69, 9.17) is 0 Å². The fourth-order valence-electron chi connectivity index (χ4n) is 1.56. The molecule has 6 heteroatoms. The molecule has 0 aliphatic heterocycles. The molecule has 0 unspecified atom stereocenters. The summed E-state index contributed by atoms with van der Waals surface area (Å²) >= 11 is 0. The molecule has 2 N–H and O–H groups in total. The summed E-state index contributed by atoms with van der Waals surface area (Å²) in [7, 11) is 0. The fourth-order valence-corrected chi connectivity index (χ4v) is 1.56. The lowest BCUT2D eigenvalue weighted by Crippen LogP contribution is -2.36. The van der Waals surface area contributed by atoms with Gasteiger partial charge in [0.2, 0.25) is 0 Å². The summed E-state index contributed by atoms with van der Waals surface area (Å²) < 4.78 is 0. The van der Waals surface area contributed by atoms with Crippen molar-refractivity contribution in [3.05, 3.63) is 12.7 Å². The van der Waals surface area contributed by atoms with E-state index < -0.39 is 0 Å². The molecule has 16 heavy (non-hydrogen) atoms. The van der Waals surface area contributed by atoms with Crippen LogP contribution in [0.3, 0.4) is 0 Å². The van der Waals surface area contributed by atoms with Gasteiger partial charge < -0.3 is 10.4 Å². The second kappa shape index (κ2) is 4.44. The SMILES string of the molecule is CCN(Nc1ncnc2[nH]cnc12)C(C)C. The predicted octanol–water partition coefficient (Wildman–Crippen LogP) is 1.41. The number of hydrogen-bond acceptors (Lipinski definition) is 5. The Hall–Kier alpha value is -1.69. The van der Waals surface area contributed by atoms with Crippen molar-refractivity contribution in [2.75, 3.05) is 12.0 Å². The Labute approximate surface area is 94.1 Å². The highest BCUT2D eigenvalue weighted by molar-refractivity contribution is 5.81. The van der Waals surface area contributed by atoms with Crippen molar-refractivity contribution in [2.45, 2.75) is 26.8 Å². The van der Waals surface area contributed by atoms with Crippen molar-refractivity contribution < 1.29 is 0 Å². The Balaban J connectivity index is 2.29. The van der Waals surface area contributed by atoms with Crippen molar-refractivity contribution in [3.63, 3.8) is 0 Å². The van der Waals surface area contributed by atoms with Crippen LogP contribution in [-0.4, -0.2) is 37.5 Å². The Morgan fingerprint density at radius 3 is 2.88 bits per heavy atom. The van der Waals surface area contributed by atoms with E-state index >= 15 is 0 Å². The third kappa shape index (κ3) is 1.96. The van der Waals surface area contributed by atoms with Crippen LogP contribution in [-0.2, 0) is 0 Å². The highest BCUT2D eigenvalue weighted by atomic mass is 15.5. The van der Waals surface area contributed by atoms with E-state index in [1.165, 1.54) is 6.33 Å². The lowest BCUT2D eigenvalue weighted by Gasteiger charge is -2.25. The van der Waals surface area contributed by atoms with Crippen LogP contribution in [0.25, 0.3) is 11.2 Å². The van der Waals surface area contributed by atoms with Crippen molar-refractivity contribution in [2.24, 2.45) is 0 Å². The highest BCUT2D eigenvalue weighted by Gasteiger charge is 2.11. The van der Waals surface area contributed by atoms with Crippen LogP contribution in [0.4, 0.5) is 5.82 Å². The maximum absolute atomic E-state index is 4.20. The average Bonchev–Trinajstić information content (AvgIpc) is 2.73. The second-order valence-electron chi connectivity index (χ2n) is 3.81. The van der Waals surface area contributed by atoms with Crippen LogP contribution in [0.15, 0.2) is 12.7 Å². The van der Waals surface area contributed by atoms with Crippen LogP contribution in [0.2, 0.25) is 0 Å². The van der Waals surface area contributed by atoms with E-state index in [-0.39, 0.29) is 0 Å². The molecule has 2 rings (SSSR count). The Bertz CT molecular complexity index is 463. The van der Waals surface area contributed by atoms with E-state index in [1.807, 2.05) is 0 Å². The molecule has 0 aliphatic carbocycles. The molecule has 2 heterocycles. The third-order valence-corrected chi connectivity index (χ3v) is 2.43. The summed E-state index contributed by atoms with van der Waals surface area (Å²) in [4.78, 5) is 15.5. The largest absolute Gasteiger partial charge is 0.329 e. The minimum Gasteiger partial charge on any atom is -0.329 e. The first-order chi connectivity index (χ1) is 7.72. The molecular formula is C10H16N6. The molecule has 0 saturated carbocycles. The maximum atomic E-state index is 4.20. The molecule has 0 radical (unpaired) electrons. The van der Waals surface area contributed by atoms with Crippen LogP contribution >= 0.6 is 0 Å². The fraction of sp³-hybridized carbons (Fsp3) is 0.500. The number of nitrogens with zero attached hydrogens (tertiary/aromatic N) is 4. The Morgan fingerprint density at radius 2 is 2.19 bits per heavy atom. The van der Waals surface area contributed by atoms with Crippen molar-refractivity contribution in [1.29, 1.82) is 0 Å². The van der Waals surface area contributed by atoms with Gasteiger partial charge in [0.15, 0.2) is 17.0 Å². The molecule has 0 atom stereocenters. The number of nitrogens with one attached hydrogen (secondary N) is 2. The highest BCUT2D eigenvalue weighted by Crippen LogP contribution is 2.15. The minimum atomic E-state index is 0.397. The van der Waals surface area contributed by atoms with Gasteiger partial charge in [0.25, 0.3) is 0 Å². The number of rotatable bonds is 4. The van der Waals surface area contributed by atoms with Gasteiger partial charge in [-0.1, -0.05) is 6.92 Å². The number of fused-ring (bicyclic) bond motifs is 1. The van der Waals surface area contributed by atoms with Gasteiger partial charge in [-0.25, -0.2) is 20.0 Å². The van der Waals surface area contributed by atoms with Gasteiger partial charge in [0.05, 0.1) is 6.33 Å². The summed E-state index contributed by atoms with van der Waals surface area (Å²) in [6.07, 6.45) is 3.15. The van der Waals surface area contributed by atoms with Gasteiger partial charge in [-0.3, -0.25) is 0 Å². The molecule has 0 saturated heterocycles. The van der Waals surface area contributed by atoms with Crippen LogP contribution in [0, 0.1) is 0 Å². The molecule has 0 aliphatic rings. The van der Waals surface area contributed by atoms with Crippen LogP contribution < -0.4 is 5.43 Å². The maximum Gasteiger partial charge on any atom is 0.172 e. The van der Waals surface area contributed by atoms with Crippen LogP contribution in [0.1, 0.15) is 20.8 Å². The molecule has 6 nitrogen and oxygen atoms in total. The normalized spacial score (nSPS) is 11.6. The zero-order chi connectivity index (χ0) is 11.5. The number of H-pyrrole nitrogens is 1. The van der Waals surface area contributed by atoms with Gasteiger partial charge in [0, 0.05) is 12.6 Å². The topological polar surface area (TPSA) is 69.7 Å². The molecule has 2 aromatic rings. The summed E-state index contributed by atoms with van der Waals surface area (Å²) in [5, 5.41) is 2.09. The van der Waals surface area contributed by atoms with Crippen molar-refractivity contribution in [1.82, 2.24) is 24.9 Å². The first-order valence-electron chi connectivity index (χ1n) is 5.39. The molecule has 0 bridgehead atoms. The van der Waals surface area contributed by atoms with Gasteiger partial charge in [-0.05, 0) is 13.8 Å². The summed E-state index contributed by atoms with van der Waals surface area (Å²) in [6, 6.07) is 0.397. The number of hydrogen-bond donors (Lipinski definition) is 2. The molecule has 0 amide bonds. The Morgan fingerprint density at radius 1 is 1.38 bits per heavy atom. The van der Waals surface area contributed by atoms with E-state index in [0.717, 1.165) is 23.5 Å². The predicted molar refractivity (Wildman–Crippen MR) is 62.8 cm³/mol. The van der Waals surface area contributed by atoms with Crippen molar-refractivity contribution >= 4 is 17.0 Å². The van der Waals surface area contributed by atoms with Crippen molar-refractivity contribution in [3.8, 4) is 0 Å². The van der Waals surface area contributed by atoms with Gasteiger partial charge >= 0.3 is 0 Å². The average molecular weight is 220 g/mol. The third-order valence-electron chi connectivity index (χ3n) is 2.43. The molecule has 0 spiro atoms. The number of aromatic nitrogens is 4. The zero-order valence-electron chi connectivity index (χ0n) is 9.73. The van der Waals surface area contributed by atoms with Gasteiger partial charge in [-0.2, -0.15) is 0 Å². The number of imidazole rings is 1. The summed E-state index contributed by atoms with van der Waals surface area (Å²) in [5.74, 6) is 0.738. The van der Waals surface area contributed by atoms with Gasteiger partial charge in [-0.15, -0.1) is 0 Å². The van der Waals surface area contributed by atoms with Crippen LogP contribution in [0.5, 0.6) is 0 Å². The second-order valence-corrected chi connectivity index (χ2v) is 3.81. The minimum absolute atomic E-state index is 0.397. The first kappa shape index (κ1) is 10.8. The number of aromatic amines is 1. The van der Waals surface area contributed by atoms with Gasteiger partial charge in [0.1, 0.15) is 6.33 Å². The summed E-state index contributed by atoms with van der Waals surface area (Å²) in [6.45, 7) is 7.24. The quantitative estimate of drug-likeness (QED) is 0.762. The lowest BCUT2D eigenvalue weighted by molar-refractivity contribution is 0.283. The van der Waals surface area contributed by atoms with E-state index in [1.54, 1.807) is 6.33 Å². The van der Waals surface area contributed by atoms with E-state index in [9.17, 15) is 0 Å². The lowest BCUT2D eigenvalue weighted by atomic mass is 10.4.